The van der Waals surface area contributed by atoms with Crippen molar-refractivity contribution in [2.24, 2.45) is 5.92 Å². The van der Waals surface area contributed by atoms with Crippen LogP contribution in [0.2, 0.25) is 0 Å². The summed E-state index contributed by atoms with van der Waals surface area (Å²) >= 11 is 0. The number of aromatic nitrogens is 2. The summed E-state index contributed by atoms with van der Waals surface area (Å²) in [6, 6.07) is 11.2. The predicted molar refractivity (Wildman–Crippen MR) is 152 cm³/mol. The molecule has 13 heteroatoms. The molecule has 2 aliphatic heterocycles. The highest BCUT2D eigenvalue weighted by molar-refractivity contribution is 6.28. The fourth-order valence-electron chi connectivity index (χ4n) is 5.05. The lowest BCUT2D eigenvalue weighted by molar-refractivity contribution is -0.419. The summed E-state index contributed by atoms with van der Waals surface area (Å²) in [5.41, 5.74) is 1.29. The summed E-state index contributed by atoms with van der Waals surface area (Å²) in [4.78, 5) is 54.0. The van der Waals surface area contributed by atoms with Crippen LogP contribution in [0.25, 0.3) is 5.52 Å². The molecule has 4 heterocycles. The number of amides is 5. The van der Waals surface area contributed by atoms with Gasteiger partial charge in [0.25, 0.3) is 0 Å². The van der Waals surface area contributed by atoms with Gasteiger partial charge in [0.2, 0.25) is 11.8 Å². The lowest BCUT2D eigenvalue weighted by atomic mass is 10.1. The van der Waals surface area contributed by atoms with E-state index in [2.05, 4.69) is 10.4 Å². The number of benzene rings is 2. The Morgan fingerprint density at radius 1 is 1.05 bits per heavy atom. The van der Waals surface area contributed by atoms with Gasteiger partial charge in [-0.05, 0) is 55.8 Å². The predicted octanol–water partition coefficient (Wildman–Crippen LogP) is 4.36. The molecule has 0 bridgehead atoms. The molecule has 43 heavy (non-hydrogen) atoms. The zero-order valence-electron chi connectivity index (χ0n) is 22.9. The highest BCUT2D eigenvalue weighted by atomic mass is 19.1. The number of anilines is 3. The third kappa shape index (κ3) is 5.20. The molecule has 1 fully saturated rings. The maximum atomic E-state index is 15.2. The van der Waals surface area contributed by atoms with E-state index in [1.54, 1.807) is 40.9 Å². The number of hydrogen-bond acceptors (Lipinski definition) is 6. The number of nitrogens with one attached hydrogen (secondary N) is 1. The highest BCUT2D eigenvalue weighted by Gasteiger charge is 2.47. The number of rotatable bonds is 7. The topological polar surface area (TPSA) is 116 Å². The second-order valence-electron chi connectivity index (χ2n) is 9.95. The van der Waals surface area contributed by atoms with Crippen LogP contribution in [0.4, 0.5) is 30.6 Å². The number of nitrogens with zero attached hydrogens (tertiary/aromatic N) is 5. The number of halogens is 2. The third-order valence-electron chi connectivity index (χ3n) is 7.22. The Kier molecular flexibility index (Phi) is 7.14. The van der Waals surface area contributed by atoms with E-state index < -0.39 is 35.4 Å². The van der Waals surface area contributed by atoms with Crippen molar-refractivity contribution in [1.29, 1.82) is 0 Å². The fourth-order valence-corrected chi connectivity index (χ4v) is 5.05. The first-order valence-corrected chi connectivity index (χ1v) is 13.5. The molecule has 0 spiro atoms. The van der Waals surface area contributed by atoms with Crippen molar-refractivity contribution in [3.05, 3.63) is 78.6 Å². The summed E-state index contributed by atoms with van der Waals surface area (Å²) < 4.78 is 37.3. The number of urea groups is 1. The lowest BCUT2D eigenvalue weighted by Gasteiger charge is -2.22. The van der Waals surface area contributed by atoms with Gasteiger partial charge < -0.3 is 15.0 Å². The standard InChI is InChI=1S/C30H24F2N6O5/c1-2-35-17-22(29(41)38(30(35)42)20-8-5-18(31)6-9-20)28(40)34-19-7-10-25(23(32)14-19)43-26-15-21(36-13-3-4-27(36)39)16-37-24(26)11-12-33-37/h5-12,14-17,22H,2-4,13H2,1H3/p+1. The molecule has 4 aromatic rings. The van der Waals surface area contributed by atoms with Crippen LogP contribution in [-0.2, 0) is 14.4 Å². The zero-order valence-corrected chi connectivity index (χ0v) is 22.9. The summed E-state index contributed by atoms with van der Waals surface area (Å²) in [5, 5.41) is 6.75. The van der Waals surface area contributed by atoms with Crippen LogP contribution in [0.1, 0.15) is 19.8 Å². The van der Waals surface area contributed by atoms with Gasteiger partial charge in [0.15, 0.2) is 23.2 Å². The molecule has 2 aliphatic rings. The van der Waals surface area contributed by atoms with Crippen LogP contribution in [0, 0.1) is 17.6 Å². The quantitative estimate of drug-likeness (QED) is 0.254. The van der Waals surface area contributed by atoms with Gasteiger partial charge in [-0.15, -0.1) is 4.90 Å². The third-order valence-corrected chi connectivity index (χ3v) is 7.22. The first-order valence-electron chi connectivity index (χ1n) is 13.5. The molecule has 0 radical (unpaired) electrons. The molecule has 1 unspecified atom stereocenters. The molecule has 0 saturated carbocycles. The molecule has 11 nitrogen and oxygen atoms in total. The first-order chi connectivity index (χ1) is 20.7. The van der Waals surface area contributed by atoms with E-state index in [1.165, 1.54) is 35.1 Å². The molecule has 1 saturated heterocycles. The minimum Gasteiger partial charge on any atom is -0.452 e. The average molecular weight is 588 g/mol. The van der Waals surface area contributed by atoms with Gasteiger partial charge in [-0.25, -0.2) is 22.7 Å². The van der Waals surface area contributed by atoms with Crippen molar-refractivity contribution in [2.75, 3.05) is 28.2 Å². The van der Waals surface area contributed by atoms with Gasteiger partial charge in [-0.3, -0.25) is 9.59 Å². The van der Waals surface area contributed by atoms with Crippen molar-refractivity contribution in [2.45, 2.75) is 19.8 Å². The monoisotopic (exact) mass is 587 g/mol. The van der Waals surface area contributed by atoms with E-state index in [0.717, 1.165) is 29.5 Å². The maximum Gasteiger partial charge on any atom is 0.505 e. The molecule has 0 aliphatic carbocycles. The van der Waals surface area contributed by atoms with Crippen LogP contribution in [0.3, 0.4) is 0 Å². The average Bonchev–Trinajstić information content (AvgIpc) is 3.64. The van der Waals surface area contributed by atoms with Crippen LogP contribution in [-0.4, -0.2) is 57.2 Å². The van der Waals surface area contributed by atoms with Crippen LogP contribution in [0.5, 0.6) is 11.5 Å². The Hall–Kier alpha value is -5.46. The van der Waals surface area contributed by atoms with Crippen molar-refractivity contribution in [3.8, 4) is 11.5 Å². The largest absolute Gasteiger partial charge is 0.505 e. The Morgan fingerprint density at radius 3 is 2.53 bits per heavy atom. The van der Waals surface area contributed by atoms with E-state index in [-0.39, 0.29) is 35.3 Å². The number of carbonyl (C=O) groups is 4. The molecule has 6 rings (SSSR count). The number of hydrogen-bond donors (Lipinski definition) is 1. The summed E-state index contributed by atoms with van der Waals surface area (Å²) in [7, 11) is 0. The van der Waals surface area contributed by atoms with E-state index in [0.29, 0.717) is 24.2 Å². The smallest absolute Gasteiger partial charge is 0.452 e. The molecular formula is C30H25F2N6O5+. The molecule has 2 aromatic heterocycles. The van der Waals surface area contributed by atoms with Crippen LogP contribution >= 0.6 is 0 Å². The second kappa shape index (κ2) is 11.1. The maximum absolute atomic E-state index is 15.2. The molecular weight excluding hydrogens is 562 g/mol. The molecule has 1 N–H and O–H groups in total. The summed E-state index contributed by atoms with van der Waals surface area (Å²) in [5.74, 6) is -4.27. The van der Waals surface area contributed by atoms with Gasteiger partial charge in [0.05, 0.1) is 30.8 Å². The van der Waals surface area contributed by atoms with Crippen LogP contribution in [0.15, 0.2) is 67.0 Å². The Bertz CT molecular complexity index is 1820. The lowest BCUT2D eigenvalue weighted by Crippen LogP contribution is -2.54. The van der Waals surface area contributed by atoms with Gasteiger partial charge >= 0.3 is 11.9 Å². The highest BCUT2D eigenvalue weighted by Crippen LogP contribution is 2.34. The number of ether oxygens (including phenoxy) is 1. The summed E-state index contributed by atoms with van der Waals surface area (Å²) in [6.07, 6.45) is 5.64. The molecule has 5 amide bonds. The second-order valence-corrected chi connectivity index (χ2v) is 9.95. The Labute approximate surface area is 243 Å². The van der Waals surface area contributed by atoms with E-state index in [4.69, 9.17) is 4.74 Å². The number of imide groups is 1. The van der Waals surface area contributed by atoms with Crippen LogP contribution < -0.4 is 19.9 Å². The Balaban J connectivity index is 1.23. The molecule has 2 aromatic carbocycles. The first kappa shape index (κ1) is 27.7. The Morgan fingerprint density at radius 2 is 1.84 bits per heavy atom. The SMILES string of the molecule is CC[N+]1=CC(C(=O)Nc2ccc(Oc3cc(N4CCCC4=O)cn4nccc34)c(F)c2)C(=O)N(c2ccc(F)cc2)C1=O. The van der Waals surface area contributed by atoms with Crippen molar-refractivity contribution < 1.29 is 37.3 Å². The van der Waals surface area contributed by atoms with E-state index in [1.807, 2.05) is 0 Å². The van der Waals surface area contributed by atoms with Gasteiger partial charge in [0.1, 0.15) is 17.0 Å². The van der Waals surface area contributed by atoms with Crippen molar-refractivity contribution >= 4 is 52.5 Å². The minimum atomic E-state index is -1.41. The number of fused-ring (bicyclic) bond motifs is 1. The molecule has 1 atom stereocenters. The van der Waals surface area contributed by atoms with Gasteiger partial charge in [-0.2, -0.15) is 9.89 Å². The van der Waals surface area contributed by atoms with E-state index >= 15 is 4.39 Å². The normalized spacial score (nSPS) is 17.0. The van der Waals surface area contributed by atoms with Crippen molar-refractivity contribution in [1.82, 2.24) is 9.61 Å². The fraction of sp³-hybridized carbons (Fsp3) is 0.200. The number of carbonyl (C=O) groups excluding carboxylic acids is 4. The van der Waals surface area contributed by atoms with Gasteiger partial charge in [0, 0.05) is 30.8 Å². The van der Waals surface area contributed by atoms with E-state index in [9.17, 15) is 23.6 Å². The number of pyridine rings is 1. The summed E-state index contributed by atoms with van der Waals surface area (Å²) in [6.45, 7) is 2.40. The zero-order chi connectivity index (χ0) is 30.2. The molecule has 218 valence electrons. The van der Waals surface area contributed by atoms with Gasteiger partial charge in [-0.1, -0.05) is 0 Å². The minimum absolute atomic E-state index is 0.0235. The van der Waals surface area contributed by atoms with Crippen molar-refractivity contribution in [3.63, 3.8) is 0 Å².